The maximum absolute atomic E-state index is 12.4. The van der Waals surface area contributed by atoms with E-state index >= 15 is 0 Å². The highest BCUT2D eigenvalue weighted by Gasteiger charge is 2.37. The van der Waals surface area contributed by atoms with Crippen molar-refractivity contribution in [2.75, 3.05) is 42.8 Å². The number of hydrogen-bond acceptors (Lipinski definition) is 15. The van der Waals surface area contributed by atoms with E-state index in [0.717, 1.165) is 6.92 Å². The Balaban J connectivity index is 0.000000162. The van der Waals surface area contributed by atoms with Crippen molar-refractivity contribution < 1.29 is 58.2 Å². The molecule has 0 saturated carbocycles. The minimum atomic E-state index is -1.37. The van der Waals surface area contributed by atoms with Crippen molar-refractivity contribution in [2.24, 2.45) is 0 Å². The number of rotatable bonds is 4. The Morgan fingerprint density at radius 2 is 1.12 bits per heavy atom. The van der Waals surface area contributed by atoms with Crippen LogP contribution in [-0.2, 0) is 14.3 Å². The second-order valence-corrected chi connectivity index (χ2v) is 12.9. The average molecular weight is 707 g/mol. The summed E-state index contributed by atoms with van der Waals surface area (Å²) in [5, 5.41) is 51.5. The molecule has 0 aliphatic carbocycles. The van der Waals surface area contributed by atoms with Crippen LogP contribution < -0.4 is 21.1 Å². The number of nitrogens with zero attached hydrogens (tertiary/aromatic N) is 2. The van der Waals surface area contributed by atoms with Gasteiger partial charge in [0.15, 0.2) is 0 Å². The number of carboxylic acids is 1. The largest absolute Gasteiger partial charge is 0.477 e. The van der Waals surface area contributed by atoms with Gasteiger partial charge in [0.05, 0.1) is 35.8 Å². The second kappa shape index (κ2) is 13.1. The molecule has 268 valence electrons. The van der Waals surface area contributed by atoms with Crippen LogP contribution in [0.2, 0.25) is 0 Å². The van der Waals surface area contributed by atoms with Gasteiger partial charge >= 0.3 is 29.2 Å². The van der Waals surface area contributed by atoms with Gasteiger partial charge in [-0.3, -0.25) is 4.79 Å². The lowest BCUT2D eigenvalue weighted by molar-refractivity contribution is -0.149. The summed E-state index contributed by atoms with van der Waals surface area (Å²) < 4.78 is 19.9. The van der Waals surface area contributed by atoms with Crippen molar-refractivity contribution in [3.63, 3.8) is 0 Å². The number of carbonyl (C=O) groups excluding carboxylic acids is 2. The predicted molar refractivity (Wildman–Crippen MR) is 177 cm³/mol. The molecule has 0 bridgehead atoms. The first-order valence-electron chi connectivity index (χ1n) is 16.4. The van der Waals surface area contributed by atoms with Crippen LogP contribution in [-0.4, -0.2) is 76.4 Å². The van der Waals surface area contributed by atoms with E-state index in [9.17, 15) is 44.4 Å². The van der Waals surface area contributed by atoms with Gasteiger partial charge in [-0.05, 0) is 49.9 Å². The molecule has 0 saturated heterocycles. The van der Waals surface area contributed by atoms with Crippen molar-refractivity contribution in [1.29, 1.82) is 0 Å². The van der Waals surface area contributed by atoms with Crippen molar-refractivity contribution >= 4 is 51.2 Å². The molecule has 5 N–H and O–H groups in total. The molecule has 0 spiro atoms. The number of carbonyl (C=O) groups is 3. The van der Waals surface area contributed by atoms with Crippen molar-refractivity contribution in [3.05, 3.63) is 78.5 Å². The minimum absolute atomic E-state index is 0.187. The summed E-state index contributed by atoms with van der Waals surface area (Å²) in [4.78, 5) is 62.4. The number of aliphatic hydroxyl groups is 4. The zero-order valence-electron chi connectivity index (χ0n) is 27.3. The smallest absolute Gasteiger partial charge is 0.351 e. The molecule has 16 heteroatoms. The molecule has 16 nitrogen and oxygen atoms in total. The third-order valence-electron chi connectivity index (χ3n) is 9.73. The van der Waals surface area contributed by atoms with Crippen molar-refractivity contribution in [2.45, 2.75) is 57.0 Å². The summed E-state index contributed by atoms with van der Waals surface area (Å²) in [5.74, 6) is -2.99. The van der Waals surface area contributed by atoms with E-state index < -0.39 is 65.9 Å². The SMILES string of the molecule is CC(=O)OCOC(=O)c1cc2cc3c4c(c2oc1=O)C(O)CCN4CCC3O.O=C(O)c1cc2cc3c4c(c2oc1=O)C(O)CCN4CCC3O. The van der Waals surface area contributed by atoms with Gasteiger partial charge in [0, 0.05) is 66.1 Å². The Hall–Kier alpha value is -5.29. The number of anilines is 2. The van der Waals surface area contributed by atoms with E-state index in [1.807, 2.05) is 0 Å². The van der Waals surface area contributed by atoms with E-state index in [1.165, 1.54) is 12.1 Å². The number of aliphatic hydroxyl groups excluding tert-OH is 4. The van der Waals surface area contributed by atoms with Crippen LogP contribution in [0, 0.1) is 0 Å². The van der Waals surface area contributed by atoms with E-state index in [4.69, 9.17) is 18.7 Å². The Bertz CT molecular complexity index is 2220. The van der Waals surface area contributed by atoms with Gasteiger partial charge in [0.2, 0.25) is 6.79 Å². The zero-order chi connectivity index (χ0) is 36.3. The number of carboxylic acid groups (broad SMARTS) is 1. The third kappa shape index (κ3) is 5.99. The minimum Gasteiger partial charge on any atom is -0.477 e. The summed E-state index contributed by atoms with van der Waals surface area (Å²) in [6.45, 7) is 3.16. The Labute approximate surface area is 287 Å². The predicted octanol–water partition coefficient (Wildman–Crippen LogP) is 2.32. The molecule has 2 aromatic carbocycles. The van der Waals surface area contributed by atoms with Crippen LogP contribution in [0.1, 0.15) is 100.0 Å². The maximum atomic E-state index is 12.4. The highest BCUT2D eigenvalue weighted by molar-refractivity contribution is 5.96. The summed E-state index contributed by atoms with van der Waals surface area (Å²) in [6.07, 6.45) is -0.986. The molecule has 0 fully saturated rings. The van der Waals surface area contributed by atoms with Crippen LogP contribution in [0.15, 0.2) is 42.7 Å². The zero-order valence-corrected chi connectivity index (χ0v) is 27.3. The third-order valence-corrected chi connectivity index (χ3v) is 9.73. The number of aromatic carboxylic acids is 1. The molecule has 4 aromatic rings. The lowest BCUT2D eigenvalue weighted by atomic mass is 9.87. The molecule has 51 heavy (non-hydrogen) atoms. The molecule has 4 atom stereocenters. The Kier molecular flexibility index (Phi) is 8.79. The van der Waals surface area contributed by atoms with Gasteiger partial charge in [0.25, 0.3) is 0 Å². The van der Waals surface area contributed by atoms with Gasteiger partial charge in [-0.15, -0.1) is 0 Å². The van der Waals surface area contributed by atoms with Crippen LogP contribution in [0.3, 0.4) is 0 Å². The van der Waals surface area contributed by atoms with Gasteiger partial charge in [-0.2, -0.15) is 0 Å². The molecular formula is C35H34N2O14. The molecule has 0 radical (unpaired) electrons. The van der Waals surface area contributed by atoms with Crippen LogP contribution in [0.25, 0.3) is 21.9 Å². The Morgan fingerprint density at radius 1 is 0.686 bits per heavy atom. The second-order valence-electron chi connectivity index (χ2n) is 12.9. The van der Waals surface area contributed by atoms with Gasteiger partial charge in [0.1, 0.15) is 22.3 Å². The lowest BCUT2D eigenvalue weighted by Crippen LogP contribution is -2.37. The average Bonchev–Trinajstić information content (AvgIpc) is 3.09. The number of esters is 2. The van der Waals surface area contributed by atoms with Gasteiger partial charge in [-0.1, -0.05) is 0 Å². The van der Waals surface area contributed by atoms with Crippen molar-refractivity contribution in [1.82, 2.24) is 0 Å². The molecule has 4 unspecified atom stereocenters. The van der Waals surface area contributed by atoms with Crippen LogP contribution >= 0.6 is 0 Å². The molecule has 4 aliphatic heterocycles. The fourth-order valence-electron chi connectivity index (χ4n) is 7.36. The van der Waals surface area contributed by atoms with E-state index in [0.29, 0.717) is 96.3 Å². The maximum Gasteiger partial charge on any atom is 0.351 e. The lowest BCUT2D eigenvalue weighted by Gasteiger charge is -2.40. The first-order chi connectivity index (χ1) is 24.3. The quantitative estimate of drug-likeness (QED) is 0.116. The number of benzene rings is 2. The first kappa shape index (κ1) is 34.2. The van der Waals surface area contributed by atoms with Gasteiger partial charge in [-0.25, -0.2) is 19.2 Å². The Morgan fingerprint density at radius 3 is 1.57 bits per heavy atom. The highest BCUT2D eigenvalue weighted by atomic mass is 16.7. The molecule has 8 rings (SSSR count). The first-order valence-corrected chi connectivity index (χ1v) is 16.4. The molecular weight excluding hydrogens is 672 g/mol. The molecule has 4 aliphatic rings. The fourth-order valence-corrected chi connectivity index (χ4v) is 7.36. The highest BCUT2D eigenvalue weighted by Crippen LogP contribution is 2.48. The van der Waals surface area contributed by atoms with Crippen molar-refractivity contribution in [3.8, 4) is 0 Å². The summed E-state index contributed by atoms with van der Waals surface area (Å²) in [6, 6.07) is 5.86. The summed E-state index contributed by atoms with van der Waals surface area (Å²) >= 11 is 0. The molecule has 6 heterocycles. The van der Waals surface area contributed by atoms with E-state index in [2.05, 4.69) is 14.5 Å². The fraction of sp³-hybridized carbons (Fsp3) is 0.400. The number of ether oxygens (including phenoxy) is 2. The van der Waals surface area contributed by atoms with Gasteiger partial charge < -0.3 is 53.6 Å². The monoisotopic (exact) mass is 706 g/mol. The van der Waals surface area contributed by atoms with Crippen LogP contribution in [0.5, 0.6) is 0 Å². The molecule has 2 aromatic heterocycles. The number of fused-ring (bicyclic) bond motifs is 4. The van der Waals surface area contributed by atoms with E-state index in [1.54, 1.807) is 12.1 Å². The standard InChI is InChI=1S/C19H19NO8.C16H15NO6/c1-9(21)26-8-27-18(24)12-7-10-6-11-13(22)2-4-20-5-3-14(23)15(16(11)20)17(10)28-19(12)25;18-10-1-3-17-4-2-11(19)12-13(17)8(10)5-7-6-9(15(20)21)16(22)23-14(7)12/h6-7,13-14,22-23H,2-5,8H2,1H3;5-6,10-11,18-19H,1-4H2,(H,20,21). The summed E-state index contributed by atoms with van der Waals surface area (Å²) in [5.41, 5.74) is 1.29. The summed E-state index contributed by atoms with van der Waals surface area (Å²) in [7, 11) is 0. The topological polar surface area (TPSA) is 238 Å². The van der Waals surface area contributed by atoms with Crippen LogP contribution in [0.4, 0.5) is 11.4 Å². The normalized spacial score (nSPS) is 21.7. The van der Waals surface area contributed by atoms with E-state index in [-0.39, 0.29) is 16.7 Å². The number of hydrogen-bond donors (Lipinski definition) is 5. The molecule has 0 amide bonds.